The molecule has 4 rings (SSSR count). The van der Waals surface area contributed by atoms with Gasteiger partial charge >= 0.3 is 0 Å². The zero-order valence-corrected chi connectivity index (χ0v) is 14.7. The van der Waals surface area contributed by atoms with E-state index in [2.05, 4.69) is 37.3 Å². The zero-order chi connectivity index (χ0) is 19.5. The van der Waals surface area contributed by atoms with Crippen molar-refractivity contribution in [3.63, 3.8) is 0 Å². The maximum atomic E-state index is 10.7. The second kappa shape index (κ2) is 7.37. The topological polar surface area (TPSA) is 134 Å². The summed E-state index contributed by atoms with van der Waals surface area (Å²) in [6.07, 6.45) is 3.25. The van der Waals surface area contributed by atoms with Crippen LogP contribution in [0, 0.1) is 0 Å². The predicted molar refractivity (Wildman–Crippen MR) is 101 cm³/mol. The molecule has 0 radical (unpaired) electrons. The molecule has 0 aliphatic carbocycles. The highest BCUT2D eigenvalue weighted by atomic mass is 16.6. The van der Waals surface area contributed by atoms with Gasteiger partial charge in [-0.3, -0.25) is 20.1 Å². The highest BCUT2D eigenvalue weighted by molar-refractivity contribution is 5.79. The van der Waals surface area contributed by atoms with E-state index in [1.807, 2.05) is 30.3 Å². The molecule has 10 nitrogen and oxygen atoms in total. The van der Waals surface area contributed by atoms with Gasteiger partial charge in [-0.25, -0.2) is 14.6 Å². The summed E-state index contributed by atoms with van der Waals surface area (Å²) in [5.41, 5.74) is 11.2. The number of carbonyl (C=O) groups excluding carboxylic acids is 1. The van der Waals surface area contributed by atoms with Gasteiger partial charge in [0.05, 0.1) is 24.0 Å². The molecule has 0 fully saturated rings. The molecule has 0 saturated carbocycles. The van der Waals surface area contributed by atoms with Gasteiger partial charge in [0, 0.05) is 11.6 Å². The summed E-state index contributed by atoms with van der Waals surface area (Å²) in [4.78, 5) is 28.7. The monoisotopic (exact) mass is 376 g/mol. The summed E-state index contributed by atoms with van der Waals surface area (Å²) in [7, 11) is 0. The number of nitrogens with two attached hydrogens (primary N) is 1. The maximum Gasteiger partial charge on any atom is 0.246 e. The van der Waals surface area contributed by atoms with E-state index >= 15 is 0 Å². The van der Waals surface area contributed by atoms with Gasteiger partial charge in [-0.1, -0.05) is 23.9 Å². The smallest absolute Gasteiger partial charge is 0.246 e. The third kappa shape index (κ3) is 3.62. The van der Waals surface area contributed by atoms with Crippen LogP contribution in [0.2, 0.25) is 0 Å². The molecular weight excluding hydrogens is 360 g/mol. The minimum atomic E-state index is -0.602. The molecule has 3 N–H and O–H groups in total. The second-order valence-electron chi connectivity index (χ2n) is 6.02. The van der Waals surface area contributed by atoms with Crippen molar-refractivity contribution in [3.05, 3.63) is 60.6 Å². The minimum Gasteiger partial charge on any atom is -0.368 e. The number of nitrogens with one attached hydrogen (secondary N) is 1. The summed E-state index contributed by atoms with van der Waals surface area (Å²) in [5, 5.41) is 9.23. The van der Waals surface area contributed by atoms with E-state index in [9.17, 15) is 4.79 Å². The van der Waals surface area contributed by atoms with Crippen molar-refractivity contribution in [1.29, 1.82) is 0 Å². The van der Waals surface area contributed by atoms with Crippen molar-refractivity contribution in [2.24, 2.45) is 5.73 Å². The van der Waals surface area contributed by atoms with E-state index in [4.69, 9.17) is 10.6 Å². The van der Waals surface area contributed by atoms with Crippen molar-refractivity contribution < 1.29 is 9.63 Å². The molecule has 4 aromatic rings. The maximum absolute atomic E-state index is 10.7. The zero-order valence-electron chi connectivity index (χ0n) is 14.7. The Kier molecular flexibility index (Phi) is 4.60. The second-order valence-corrected chi connectivity index (χ2v) is 6.02. The third-order valence-electron chi connectivity index (χ3n) is 3.95. The Bertz CT molecular complexity index is 1190. The molecular formula is C18H16N8O2. The Balaban J connectivity index is 1.58. The molecule has 28 heavy (non-hydrogen) atoms. The highest BCUT2D eigenvalue weighted by Gasteiger charge is 2.11. The van der Waals surface area contributed by atoms with Crippen LogP contribution in [0.4, 0.5) is 0 Å². The molecule has 0 bridgehead atoms. The molecule has 0 aliphatic rings. The van der Waals surface area contributed by atoms with Crippen molar-refractivity contribution in [2.45, 2.75) is 6.54 Å². The van der Waals surface area contributed by atoms with Gasteiger partial charge in [0.2, 0.25) is 11.6 Å². The first kappa shape index (κ1) is 17.5. The van der Waals surface area contributed by atoms with E-state index in [-0.39, 0.29) is 6.61 Å². The van der Waals surface area contributed by atoms with Crippen LogP contribution >= 0.6 is 0 Å². The molecule has 3 heterocycles. The molecule has 0 aliphatic heterocycles. The number of primary amides is 1. The molecule has 0 spiro atoms. The Morgan fingerprint density at radius 2 is 2.18 bits per heavy atom. The van der Waals surface area contributed by atoms with Crippen LogP contribution in [0.1, 0.15) is 11.3 Å². The summed E-state index contributed by atoms with van der Waals surface area (Å²) < 4.78 is 1.65. The van der Waals surface area contributed by atoms with Crippen molar-refractivity contribution in [1.82, 2.24) is 35.4 Å². The molecule has 0 saturated heterocycles. The number of amides is 1. The first-order valence-corrected chi connectivity index (χ1v) is 8.35. The summed E-state index contributed by atoms with van der Waals surface area (Å²) in [6, 6.07) is 9.89. The lowest BCUT2D eigenvalue weighted by Crippen LogP contribution is -2.24. The highest BCUT2D eigenvalue weighted by Crippen LogP contribution is 2.16. The van der Waals surface area contributed by atoms with E-state index < -0.39 is 5.91 Å². The fourth-order valence-electron chi connectivity index (χ4n) is 2.65. The Hall–Kier alpha value is -3.92. The van der Waals surface area contributed by atoms with Crippen LogP contribution in [0.5, 0.6) is 0 Å². The molecule has 10 heteroatoms. The molecule has 3 aromatic heterocycles. The van der Waals surface area contributed by atoms with Gasteiger partial charge in [0.25, 0.3) is 0 Å². The average molecular weight is 376 g/mol. The van der Waals surface area contributed by atoms with E-state index in [0.29, 0.717) is 29.2 Å². The van der Waals surface area contributed by atoms with Crippen molar-refractivity contribution >= 4 is 33.8 Å². The lowest BCUT2D eigenvalue weighted by Gasteiger charge is -2.08. The SMILES string of the molecule is C=C(NOCC(N)=O)c1cnc2nnn(Cc3ccc4ncccc4c3)c2n1. The summed E-state index contributed by atoms with van der Waals surface area (Å²) in [6.45, 7) is 4.00. The average Bonchev–Trinajstić information content (AvgIpc) is 3.09. The number of rotatable bonds is 7. The van der Waals surface area contributed by atoms with E-state index in [0.717, 1.165) is 16.5 Å². The van der Waals surface area contributed by atoms with Crippen LogP contribution in [-0.4, -0.2) is 42.5 Å². The number of fused-ring (bicyclic) bond motifs is 2. The molecule has 1 amide bonds. The first-order chi connectivity index (χ1) is 13.6. The quantitative estimate of drug-likeness (QED) is 0.452. The summed E-state index contributed by atoms with van der Waals surface area (Å²) in [5.74, 6) is -0.602. The van der Waals surface area contributed by atoms with Gasteiger partial charge in [-0.2, -0.15) is 0 Å². The number of hydrogen-bond acceptors (Lipinski definition) is 8. The number of aromatic nitrogens is 6. The largest absolute Gasteiger partial charge is 0.368 e. The Labute approximate surface area is 159 Å². The van der Waals surface area contributed by atoms with Gasteiger partial charge in [0.1, 0.15) is 5.69 Å². The van der Waals surface area contributed by atoms with Crippen LogP contribution in [0.3, 0.4) is 0 Å². The lowest BCUT2D eigenvalue weighted by molar-refractivity contribution is -0.124. The van der Waals surface area contributed by atoms with Crippen LogP contribution in [0.15, 0.2) is 49.3 Å². The van der Waals surface area contributed by atoms with E-state index in [1.54, 1.807) is 10.9 Å². The minimum absolute atomic E-state index is 0.287. The number of pyridine rings is 1. The number of benzene rings is 1. The van der Waals surface area contributed by atoms with Crippen LogP contribution in [-0.2, 0) is 16.2 Å². The molecule has 0 atom stereocenters. The molecule has 140 valence electrons. The van der Waals surface area contributed by atoms with Crippen molar-refractivity contribution in [3.8, 4) is 0 Å². The molecule has 1 aromatic carbocycles. The lowest BCUT2D eigenvalue weighted by atomic mass is 10.1. The normalized spacial score (nSPS) is 11.0. The van der Waals surface area contributed by atoms with Gasteiger partial charge in [0.15, 0.2) is 12.3 Å². The van der Waals surface area contributed by atoms with Gasteiger partial charge in [-0.15, -0.1) is 5.10 Å². The summed E-state index contributed by atoms with van der Waals surface area (Å²) >= 11 is 0. The first-order valence-electron chi connectivity index (χ1n) is 8.35. The predicted octanol–water partition coefficient (Wildman–Crippen LogP) is 0.795. The standard InChI is InChI=1S/C18H16N8O2/c1-11(24-28-10-16(19)27)15-8-21-17-18(22-15)26(25-23-17)9-12-4-5-14-13(7-12)3-2-6-20-14/h2-8,24H,1,9-10H2,(H2,19,27). The fraction of sp³-hybridized carbons (Fsp3) is 0.111. The fourth-order valence-corrected chi connectivity index (χ4v) is 2.65. The number of hydroxylamine groups is 1. The van der Waals surface area contributed by atoms with Gasteiger partial charge < -0.3 is 5.73 Å². The number of hydrogen-bond donors (Lipinski definition) is 2. The van der Waals surface area contributed by atoms with Gasteiger partial charge in [-0.05, 0) is 23.8 Å². The van der Waals surface area contributed by atoms with Crippen LogP contribution < -0.4 is 11.2 Å². The Morgan fingerprint density at radius 3 is 3.04 bits per heavy atom. The van der Waals surface area contributed by atoms with Crippen LogP contribution in [0.25, 0.3) is 27.9 Å². The molecule has 0 unspecified atom stereocenters. The third-order valence-corrected chi connectivity index (χ3v) is 3.95. The van der Waals surface area contributed by atoms with Crippen molar-refractivity contribution in [2.75, 3.05) is 6.61 Å². The number of carbonyl (C=O) groups is 1. The number of nitrogens with zero attached hydrogens (tertiary/aromatic N) is 6. The Morgan fingerprint density at radius 1 is 1.29 bits per heavy atom. The van der Waals surface area contributed by atoms with E-state index in [1.165, 1.54) is 6.20 Å².